The Hall–Kier alpha value is -1.56. The van der Waals surface area contributed by atoms with Crippen LogP contribution >= 0.6 is 0 Å². The van der Waals surface area contributed by atoms with Crippen LogP contribution in [0.4, 0.5) is 13.2 Å². The topological polar surface area (TPSA) is 35.5 Å². The van der Waals surface area contributed by atoms with Crippen LogP contribution in [0.2, 0.25) is 0 Å². The van der Waals surface area contributed by atoms with Crippen LogP contribution in [0, 0.1) is 0 Å². The van der Waals surface area contributed by atoms with E-state index >= 15 is 0 Å². The van der Waals surface area contributed by atoms with Crippen molar-refractivity contribution in [2.24, 2.45) is 0 Å². The fourth-order valence-electron chi connectivity index (χ4n) is 1.64. The van der Waals surface area contributed by atoms with Gasteiger partial charge in [0.2, 0.25) is 0 Å². The van der Waals surface area contributed by atoms with E-state index in [2.05, 4.69) is 4.74 Å². The number of hydrogen-bond donors (Lipinski definition) is 0. The van der Waals surface area contributed by atoms with Gasteiger partial charge in [-0.25, -0.2) is 0 Å². The SMILES string of the molecule is CCOCCCC(=O)Cc1ccc(OC(F)(F)F)cc1. The molecule has 0 aromatic heterocycles. The van der Waals surface area contributed by atoms with Crippen molar-refractivity contribution in [3.63, 3.8) is 0 Å². The third-order valence-electron chi connectivity index (χ3n) is 2.51. The molecule has 0 aliphatic heterocycles. The minimum Gasteiger partial charge on any atom is -0.406 e. The maximum Gasteiger partial charge on any atom is 0.573 e. The monoisotopic (exact) mass is 290 g/mol. The van der Waals surface area contributed by atoms with Gasteiger partial charge in [-0.2, -0.15) is 0 Å². The molecule has 0 spiro atoms. The van der Waals surface area contributed by atoms with Gasteiger partial charge in [0.1, 0.15) is 11.5 Å². The van der Waals surface area contributed by atoms with Gasteiger partial charge in [-0.1, -0.05) is 12.1 Å². The molecule has 0 saturated heterocycles. The first kappa shape index (κ1) is 16.5. The molecule has 0 atom stereocenters. The maximum absolute atomic E-state index is 12.0. The number of benzene rings is 1. The van der Waals surface area contributed by atoms with E-state index in [4.69, 9.17) is 4.74 Å². The van der Waals surface area contributed by atoms with E-state index in [1.54, 1.807) is 0 Å². The highest BCUT2D eigenvalue weighted by molar-refractivity contribution is 5.80. The summed E-state index contributed by atoms with van der Waals surface area (Å²) in [6, 6.07) is 5.33. The molecule has 0 aliphatic carbocycles. The summed E-state index contributed by atoms with van der Waals surface area (Å²) >= 11 is 0. The van der Waals surface area contributed by atoms with Crippen molar-refractivity contribution in [1.82, 2.24) is 0 Å². The Labute approximate surface area is 115 Å². The molecule has 0 aliphatic rings. The van der Waals surface area contributed by atoms with Gasteiger partial charge in [-0.05, 0) is 31.0 Å². The van der Waals surface area contributed by atoms with Crippen molar-refractivity contribution in [2.45, 2.75) is 32.5 Å². The van der Waals surface area contributed by atoms with Crippen molar-refractivity contribution >= 4 is 5.78 Å². The zero-order valence-corrected chi connectivity index (χ0v) is 11.2. The van der Waals surface area contributed by atoms with E-state index in [9.17, 15) is 18.0 Å². The van der Waals surface area contributed by atoms with Crippen molar-refractivity contribution in [3.8, 4) is 5.75 Å². The summed E-state index contributed by atoms with van der Waals surface area (Å²) in [5.74, 6) is -0.251. The molecular formula is C14H17F3O3. The van der Waals surface area contributed by atoms with Gasteiger partial charge in [-0.3, -0.25) is 4.79 Å². The fraction of sp³-hybridized carbons (Fsp3) is 0.500. The largest absolute Gasteiger partial charge is 0.573 e. The first-order valence-electron chi connectivity index (χ1n) is 6.35. The van der Waals surface area contributed by atoms with Crippen LogP contribution in [0.3, 0.4) is 0 Å². The Morgan fingerprint density at radius 2 is 1.85 bits per heavy atom. The molecule has 112 valence electrons. The molecule has 0 saturated carbocycles. The number of carbonyl (C=O) groups is 1. The Balaban J connectivity index is 2.39. The van der Waals surface area contributed by atoms with Crippen LogP contribution in [-0.4, -0.2) is 25.4 Å². The number of halogens is 3. The molecule has 0 bridgehead atoms. The minimum atomic E-state index is -4.70. The third kappa shape index (κ3) is 7.13. The van der Waals surface area contributed by atoms with Gasteiger partial charge in [0, 0.05) is 26.1 Å². The molecular weight excluding hydrogens is 273 g/mol. The Bertz CT molecular complexity index is 413. The van der Waals surface area contributed by atoms with Gasteiger partial charge < -0.3 is 9.47 Å². The number of Topliss-reactive ketones (excluding diaryl/α,β-unsaturated/α-hetero) is 1. The number of alkyl halides is 3. The van der Waals surface area contributed by atoms with Crippen molar-refractivity contribution in [1.29, 1.82) is 0 Å². The standard InChI is InChI=1S/C14H17F3O3/c1-2-19-9-3-4-12(18)10-11-5-7-13(8-6-11)20-14(15,16)17/h5-8H,2-4,9-10H2,1H3. The van der Waals surface area contributed by atoms with Crippen LogP contribution < -0.4 is 4.74 Å². The van der Waals surface area contributed by atoms with Gasteiger partial charge >= 0.3 is 6.36 Å². The average molecular weight is 290 g/mol. The lowest BCUT2D eigenvalue weighted by Crippen LogP contribution is -2.17. The summed E-state index contributed by atoms with van der Waals surface area (Å²) in [5.41, 5.74) is 0.668. The fourth-order valence-corrected chi connectivity index (χ4v) is 1.64. The zero-order valence-electron chi connectivity index (χ0n) is 11.2. The molecule has 0 radical (unpaired) electrons. The molecule has 0 amide bonds. The number of ketones is 1. The molecule has 0 unspecified atom stereocenters. The van der Waals surface area contributed by atoms with Crippen LogP contribution in [0.15, 0.2) is 24.3 Å². The first-order valence-corrected chi connectivity index (χ1v) is 6.35. The molecule has 0 fully saturated rings. The molecule has 0 heterocycles. The summed E-state index contributed by atoms with van der Waals surface area (Å²) in [5, 5.41) is 0. The highest BCUT2D eigenvalue weighted by Gasteiger charge is 2.30. The quantitative estimate of drug-likeness (QED) is 0.687. The second-order valence-electron chi connectivity index (χ2n) is 4.21. The lowest BCUT2D eigenvalue weighted by molar-refractivity contribution is -0.274. The second kappa shape index (κ2) is 7.89. The van der Waals surface area contributed by atoms with Crippen molar-refractivity contribution in [3.05, 3.63) is 29.8 Å². The van der Waals surface area contributed by atoms with Crippen LogP contribution in [-0.2, 0) is 16.0 Å². The van der Waals surface area contributed by atoms with E-state index in [0.29, 0.717) is 31.6 Å². The average Bonchev–Trinajstić information content (AvgIpc) is 2.35. The summed E-state index contributed by atoms with van der Waals surface area (Å²) in [7, 11) is 0. The molecule has 20 heavy (non-hydrogen) atoms. The highest BCUT2D eigenvalue weighted by atomic mass is 19.4. The number of rotatable bonds is 8. The predicted octanol–water partition coefficient (Wildman–Crippen LogP) is 3.51. The summed E-state index contributed by atoms with van der Waals surface area (Å²) in [6.07, 6.45) is -3.43. The van der Waals surface area contributed by atoms with Gasteiger partial charge in [-0.15, -0.1) is 13.2 Å². The van der Waals surface area contributed by atoms with E-state index < -0.39 is 6.36 Å². The van der Waals surface area contributed by atoms with Crippen LogP contribution in [0.1, 0.15) is 25.3 Å². The molecule has 1 aromatic carbocycles. The zero-order chi connectivity index (χ0) is 15.0. The molecule has 6 heteroatoms. The van der Waals surface area contributed by atoms with E-state index in [-0.39, 0.29) is 18.0 Å². The number of hydrogen-bond acceptors (Lipinski definition) is 3. The number of carbonyl (C=O) groups excluding carboxylic acids is 1. The van der Waals surface area contributed by atoms with Crippen molar-refractivity contribution < 1.29 is 27.4 Å². The van der Waals surface area contributed by atoms with Crippen LogP contribution in [0.5, 0.6) is 5.75 Å². The van der Waals surface area contributed by atoms with Crippen LogP contribution in [0.25, 0.3) is 0 Å². The van der Waals surface area contributed by atoms with E-state index in [1.165, 1.54) is 24.3 Å². The molecule has 1 aromatic rings. The van der Waals surface area contributed by atoms with Gasteiger partial charge in [0.15, 0.2) is 0 Å². The highest BCUT2D eigenvalue weighted by Crippen LogP contribution is 2.22. The van der Waals surface area contributed by atoms with Crippen molar-refractivity contribution in [2.75, 3.05) is 13.2 Å². The van der Waals surface area contributed by atoms with Gasteiger partial charge in [0.25, 0.3) is 0 Å². The predicted molar refractivity (Wildman–Crippen MR) is 67.6 cm³/mol. The van der Waals surface area contributed by atoms with E-state index in [0.717, 1.165) is 0 Å². The van der Waals surface area contributed by atoms with E-state index in [1.807, 2.05) is 6.92 Å². The third-order valence-corrected chi connectivity index (χ3v) is 2.51. The Kier molecular flexibility index (Phi) is 6.51. The summed E-state index contributed by atoms with van der Waals surface area (Å²) in [6.45, 7) is 3.04. The lowest BCUT2D eigenvalue weighted by atomic mass is 10.1. The first-order chi connectivity index (χ1) is 9.40. The second-order valence-corrected chi connectivity index (χ2v) is 4.21. The summed E-state index contributed by atoms with van der Waals surface area (Å²) in [4.78, 5) is 11.6. The maximum atomic E-state index is 12.0. The lowest BCUT2D eigenvalue weighted by Gasteiger charge is -2.09. The molecule has 1 rings (SSSR count). The minimum absolute atomic E-state index is 0.0363. The Morgan fingerprint density at radius 3 is 2.40 bits per heavy atom. The molecule has 0 N–H and O–H groups in total. The summed E-state index contributed by atoms with van der Waals surface area (Å²) < 4.78 is 44.8. The van der Waals surface area contributed by atoms with Gasteiger partial charge in [0.05, 0.1) is 0 Å². The molecule has 3 nitrogen and oxygen atoms in total. The Morgan fingerprint density at radius 1 is 1.20 bits per heavy atom. The smallest absolute Gasteiger partial charge is 0.406 e. The normalized spacial score (nSPS) is 11.4. The number of ether oxygens (including phenoxy) is 2.